The summed E-state index contributed by atoms with van der Waals surface area (Å²) in [5, 5.41) is 14.6. The van der Waals surface area contributed by atoms with Crippen LogP contribution in [0, 0.1) is 0 Å². The van der Waals surface area contributed by atoms with Crippen molar-refractivity contribution in [1.29, 1.82) is 0 Å². The van der Waals surface area contributed by atoms with Crippen LogP contribution in [0.3, 0.4) is 0 Å². The maximum absolute atomic E-state index is 10.2. The average molecular weight is 431 g/mol. The number of morpholine rings is 2. The van der Waals surface area contributed by atoms with Crippen molar-refractivity contribution in [1.82, 2.24) is 15.0 Å². The lowest BCUT2D eigenvalue weighted by Crippen LogP contribution is -2.43. The van der Waals surface area contributed by atoms with Gasteiger partial charge in [-0.1, -0.05) is 35.5 Å². The Hall–Kier alpha value is -1.97. The molecule has 2 aliphatic rings. The SMILES string of the molecule is CC(O)CN(CCN1CCOCC1)Cc1c(-c2ccccc2)noc1N1CCOCC1. The zero-order valence-electron chi connectivity index (χ0n) is 18.4. The monoisotopic (exact) mass is 430 g/mol. The van der Waals surface area contributed by atoms with Crippen molar-refractivity contribution in [3.8, 4) is 11.3 Å². The zero-order valence-corrected chi connectivity index (χ0v) is 18.4. The molecule has 170 valence electrons. The molecule has 0 spiro atoms. The third-order valence-electron chi connectivity index (χ3n) is 5.85. The minimum Gasteiger partial charge on any atom is -0.392 e. The Morgan fingerprint density at radius 2 is 1.71 bits per heavy atom. The van der Waals surface area contributed by atoms with E-state index >= 15 is 0 Å². The van der Waals surface area contributed by atoms with Gasteiger partial charge < -0.3 is 24.0 Å². The van der Waals surface area contributed by atoms with Crippen LogP contribution in [0.25, 0.3) is 11.3 Å². The molecule has 0 radical (unpaired) electrons. The minimum absolute atomic E-state index is 0.406. The van der Waals surface area contributed by atoms with Crippen molar-refractivity contribution < 1.29 is 19.1 Å². The van der Waals surface area contributed by atoms with E-state index in [1.54, 1.807) is 0 Å². The maximum atomic E-state index is 10.2. The van der Waals surface area contributed by atoms with E-state index in [4.69, 9.17) is 14.0 Å². The van der Waals surface area contributed by atoms with Gasteiger partial charge >= 0.3 is 0 Å². The molecule has 1 aromatic carbocycles. The summed E-state index contributed by atoms with van der Waals surface area (Å²) >= 11 is 0. The first kappa shape index (κ1) is 22.2. The van der Waals surface area contributed by atoms with Gasteiger partial charge in [0.1, 0.15) is 5.69 Å². The molecule has 0 bridgehead atoms. The molecular weight excluding hydrogens is 396 g/mol. The van der Waals surface area contributed by atoms with E-state index < -0.39 is 6.10 Å². The van der Waals surface area contributed by atoms with E-state index in [9.17, 15) is 5.11 Å². The normalized spacial score (nSPS) is 19.1. The number of benzene rings is 1. The molecule has 1 unspecified atom stereocenters. The second-order valence-electron chi connectivity index (χ2n) is 8.32. The Balaban J connectivity index is 1.56. The van der Waals surface area contributed by atoms with Crippen LogP contribution in [0.5, 0.6) is 0 Å². The van der Waals surface area contributed by atoms with Crippen LogP contribution in [0.1, 0.15) is 12.5 Å². The van der Waals surface area contributed by atoms with Crippen LogP contribution in [0.4, 0.5) is 5.88 Å². The third-order valence-corrected chi connectivity index (χ3v) is 5.85. The Labute approximate surface area is 184 Å². The molecule has 0 saturated carbocycles. The van der Waals surface area contributed by atoms with Gasteiger partial charge in [-0.3, -0.25) is 9.80 Å². The van der Waals surface area contributed by atoms with Crippen molar-refractivity contribution in [2.24, 2.45) is 0 Å². The predicted octanol–water partition coefficient (Wildman–Crippen LogP) is 1.69. The lowest BCUT2D eigenvalue weighted by Gasteiger charge is -2.31. The second-order valence-corrected chi connectivity index (χ2v) is 8.32. The van der Waals surface area contributed by atoms with Gasteiger partial charge in [-0.05, 0) is 6.92 Å². The Bertz CT molecular complexity index is 786. The van der Waals surface area contributed by atoms with Gasteiger partial charge in [0, 0.05) is 57.9 Å². The third kappa shape index (κ3) is 6.05. The molecule has 1 aromatic heterocycles. The number of aliphatic hydroxyl groups excluding tert-OH is 1. The smallest absolute Gasteiger partial charge is 0.232 e. The molecule has 4 rings (SSSR count). The molecule has 8 nitrogen and oxygen atoms in total. The van der Waals surface area contributed by atoms with E-state index in [2.05, 4.69) is 32.0 Å². The van der Waals surface area contributed by atoms with Gasteiger partial charge in [0.25, 0.3) is 0 Å². The summed E-state index contributed by atoms with van der Waals surface area (Å²) in [7, 11) is 0. The zero-order chi connectivity index (χ0) is 21.5. The molecule has 2 fully saturated rings. The van der Waals surface area contributed by atoms with Gasteiger partial charge in [0.15, 0.2) is 0 Å². The fraction of sp³-hybridized carbons (Fsp3) is 0.609. The largest absolute Gasteiger partial charge is 0.392 e. The van der Waals surface area contributed by atoms with Crippen LogP contribution in [0.2, 0.25) is 0 Å². The van der Waals surface area contributed by atoms with Crippen LogP contribution in [-0.4, -0.2) is 98.4 Å². The highest BCUT2D eigenvalue weighted by Gasteiger charge is 2.26. The molecule has 1 N–H and O–H groups in total. The Kier molecular flexibility index (Phi) is 7.93. The molecule has 2 aliphatic heterocycles. The first-order chi connectivity index (χ1) is 15.2. The fourth-order valence-corrected chi connectivity index (χ4v) is 4.22. The van der Waals surface area contributed by atoms with Gasteiger partial charge in [-0.15, -0.1) is 0 Å². The number of hydrogen-bond donors (Lipinski definition) is 1. The van der Waals surface area contributed by atoms with Crippen LogP contribution in [-0.2, 0) is 16.0 Å². The van der Waals surface area contributed by atoms with Crippen LogP contribution >= 0.6 is 0 Å². The molecule has 0 amide bonds. The summed E-state index contributed by atoms with van der Waals surface area (Å²) in [5.41, 5.74) is 3.01. The molecule has 2 saturated heterocycles. The van der Waals surface area contributed by atoms with E-state index in [1.165, 1.54) is 0 Å². The molecular formula is C23H34N4O4. The van der Waals surface area contributed by atoms with Crippen LogP contribution < -0.4 is 4.90 Å². The highest BCUT2D eigenvalue weighted by atomic mass is 16.5. The molecule has 31 heavy (non-hydrogen) atoms. The maximum Gasteiger partial charge on any atom is 0.232 e. The first-order valence-corrected chi connectivity index (χ1v) is 11.3. The van der Waals surface area contributed by atoms with Gasteiger partial charge in [-0.2, -0.15) is 0 Å². The Morgan fingerprint density at radius 3 is 2.39 bits per heavy atom. The number of anilines is 1. The van der Waals surface area contributed by atoms with Crippen molar-refractivity contribution in [2.45, 2.75) is 19.6 Å². The summed E-state index contributed by atoms with van der Waals surface area (Å²) in [6.07, 6.45) is -0.406. The number of nitrogens with zero attached hydrogens (tertiary/aromatic N) is 4. The summed E-state index contributed by atoms with van der Waals surface area (Å²) < 4.78 is 16.9. The van der Waals surface area contributed by atoms with Crippen LogP contribution in [0.15, 0.2) is 34.9 Å². The van der Waals surface area contributed by atoms with Crippen molar-refractivity contribution in [3.63, 3.8) is 0 Å². The molecule has 2 aromatic rings. The molecule has 1 atom stereocenters. The Morgan fingerprint density at radius 1 is 1.03 bits per heavy atom. The van der Waals surface area contributed by atoms with Gasteiger partial charge in [0.05, 0.1) is 38.1 Å². The summed E-state index contributed by atoms with van der Waals surface area (Å²) in [6, 6.07) is 10.2. The van der Waals surface area contributed by atoms with Crippen molar-refractivity contribution in [2.75, 3.05) is 77.1 Å². The molecule has 8 heteroatoms. The van der Waals surface area contributed by atoms with E-state index in [0.29, 0.717) is 26.3 Å². The highest BCUT2D eigenvalue weighted by molar-refractivity contribution is 5.68. The number of aliphatic hydroxyl groups is 1. The number of aromatic nitrogens is 1. The quantitative estimate of drug-likeness (QED) is 0.644. The summed E-state index contributed by atoms with van der Waals surface area (Å²) in [4.78, 5) is 6.96. The summed E-state index contributed by atoms with van der Waals surface area (Å²) in [5.74, 6) is 0.823. The number of rotatable bonds is 9. The number of ether oxygens (including phenoxy) is 2. The first-order valence-electron chi connectivity index (χ1n) is 11.3. The van der Waals surface area contributed by atoms with Gasteiger partial charge in [-0.25, -0.2) is 0 Å². The fourth-order valence-electron chi connectivity index (χ4n) is 4.22. The predicted molar refractivity (Wildman–Crippen MR) is 119 cm³/mol. The summed E-state index contributed by atoms with van der Waals surface area (Å²) in [6.45, 7) is 11.4. The average Bonchev–Trinajstić information content (AvgIpc) is 3.22. The highest BCUT2D eigenvalue weighted by Crippen LogP contribution is 2.33. The van der Waals surface area contributed by atoms with Crippen molar-refractivity contribution in [3.05, 3.63) is 35.9 Å². The lowest BCUT2D eigenvalue weighted by atomic mass is 10.1. The lowest BCUT2D eigenvalue weighted by molar-refractivity contribution is 0.0299. The molecule has 3 heterocycles. The standard InChI is InChI=1S/C23H34N4O4/c1-19(28)17-26(8-7-25-9-13-29-14-10-25)18-21-22(20-5-3-2-4-6-20)24-31-23(21)27-11-15-30-16-12-27/h2-6,19,28H,7-18H2,1H3. The number of hydrogen-bond acceptors (Lipinski definition) is 8. The van der Waals surface area contributed by atoms with Gasteiger partial charge in [0.2, 0.25) is 5.88 Å². The topological polar surface area (TPSA) is 74.4 Å². The molecule has 0 aliphatic carbocycles. The van der Waals surface area contributed by atoms with E-state index in [-0.39, 0.29) is 0 Å². The second kappa shape index (κ2) is 11.1. The van der Waals surface area contributed by atoms with E-state index in [1.807, 2.05) is 25.1 Å². The minimum atomic E-state index is -0.406. The van der Waals surface area contributed by atoms with Crippen molar-refractivity contribution >= 4 is 5.88 Å². The van der Waals surface area contributed by atoms with E-state index in [0.717, 1.165) is 75.2 Å².